The van der Waals surface area contributed by atoms with Crippen molar-refractivity contribution in [2.45, 2.75) is 53.1 Å². The molecule has 0 aliphatic heterocycles. The Morgan fingerprint density at radius 1 is 1.46 bits per heavy atom. The molecule has 3 atom stereocenters. The first-order valence-electron chi connectivity index (χ1n) is 5.11. The van der Waals surface area contributed by atoms with Crippen molar-refractivity contribution < 1.29 is 5.11 Å². The quantitative estimate of drug-likeness (QED) is 0.712. The summed E-state index contributed by atoms with van der Waals surface area (Å²) in [5, 5.41) is 18.9. The van der Waals surface area contributed by atoms with Crippen LogP contribution in [-0.2, 0) is 0 Å². The first-order valence-corrected chi connectivity index (χ1v) is 5.11. The Bertz CT molecular complexity index is 185. The molecule has 0 aromatic heterocycles. The van der Waals surface area contributed by atoms with Crippen LogP contribution in [0.1, 0.15) is 47.0 Å². The second kappa shape index (κ2) is 5.24. The van der Waals surface area contributed by atoms with Gasteiger partial charge in [-0.2, -0.15) is 5.26 Å². The molecular formula is C11H21NO. The van der Waals surface area contributed by atoms with Crippen molar-refractivity contribution in [3.63, 3.8) is 0 Å². The number of hydrogen-bond acceptors (Lipinski definition) is 2. The fourth-order valence-corrected chi connectivity index (χ4v) is 1.60. The van der Waals surface area contributed by atoms with Crippen LogP contribution in [0.15, 0.2) is 0 Å². The van der Waals surface area contributed by atoms with Crippen molar-refractivity contribution in [1.82, 2.24) is 0 Å². The molecule has 0 saturated carbocycles. The Morgan fingerprint density at radius 3 is 2.31 bits per heavy atom. The summed E-state index contributed by atoms with van der Waals surface area (Å²) in [7, 11) is 0. The Morgan fingerprint density at radius 2 is 2.00 bits per heavy atom. The lowest BCUT2D eigenvalue weighted by Gasteiger charge is -2.30. The van der Waals surface area contributed by atoms with Gasteiger partial charge in [0, 0.05) is 0 Å². The zero-order chi connectivity index (χ0) is 10.5. The van der Waals surface area contributed by atoms with E-state index in [1.807, 2.05) is 20.8 Å². The van der Waals surface area contributed by atoms with Gasteiger partial charge in [-0.3, -0.25) is 0 Å². The normalized spacial score (nSPS) is 20.0. The van der Waals surface area contributed by atoms with E-state index in [0.29, 0.717) is 6.42 Å². The molecule has 2 nitrogen and oxygen atoms in total. The van der Waals surface area contributed by atoms with Gasteiger partial charge < -0.3 is 5.11 Å². The van der Waals surface area contributed by atoms with E-state index in [0.717, 1.165) is 12.8 Å². The summed E-state index contributed by atoms with van der Waals surface area (Å²) in [5.41, 5.74) is -0.575. The van der Waals surface area contributed by atoms with Gasteiger partial charge in [0.05, 0.1) is 17.6 Å². The van der Waals surface area contributed by atoms with Gasteiger partial charge in [-0.1, -0.05) is 27.2 Å². The molecule has 0 amide bonds. The third-order valence-electron chi connectivity index (χ3n) is 2.93. The second-order valence-electron chi connectivity index (χ2n) is 4.09. The van der Waals surface area contributed by atoms with Crippen LogP contribution in [0.2, 0.25) is 0 Å². The summed E-state index contributed by atoms with van der Waals surface area (Å²) in [6, 6.07) is 2.22. The maximum absolute atomic E-state index is 9.95. The number of hydrogen-bond donors (Lipinski definition) is 1. The van der Waals surface area contributed by atoms with Crippen LogP contribution in [0, 0.1) is 22.7 Å². The molecule has 0 bridgehead atoms. The zero-order valence-corrected chi connectivity index (χ0v) is 9.17. The Kier molecular flexibility index (Phi) is 5.02. The monoisotopic (exact) mass is 183 g/mol. The van der Waals surface area contributed by atoms with E-state index in [-0.39, 0.29) is 5.92 Å². The van der Waals surface area contributed by atoms with Gasteiger partial charge in [-0.15, -0.1) is 0 Å². The molecule has 2 heteroatoms. The number of aliphatic hydroxyl groups excluding tert-OH is 1. The molecule has 0 aliphatic rings. The van der Waals surface area contributed by atoms with Gasteiger partial charge in [-0.05, 0) is 25.7 Å². The summed E-state index contributed by atoms with van der Waals surface area (Å²) in [6.45, 7) is 7.90. The van der Waals surface area contributed by atoms with Gasteiger partial charge in [0.25, 0.3) is 0 Å². The molecule has 0 rings (SSSR count). The lowest BCUT2D eigenvalue weighted by atomic mass is 9.76. The minimum Gasteiger partial charge on any atom is -0.391 e. The van der Waals surface area contributed by atoms with Crippen LogP contribution in [0.3, 0.4) is 0 Å². The Hall–Kier alpha value is -0.550. The van der Waals surface area contributed by atoms with Gasteiger partial charge >= 0.3 is 0 Å². The molecule has 3 unspecified atom stereocenters. The van der Waals surface area contributed by atoms with E-state index in [2.05, 4.69) is 13.0 Å². The van der Waals surface area contributed by atoms with Gasteiger partial charge in [-0.25, -0.2) is 0 Å². The summed E-state index contributed by atoms with van der Waals surface area (Å²) in [6.07, 6.45) is 2.25. The first-order chi connectivity index (χ1) is 6.01. The lowest BCUT2D eigenvalue weighted by Crippen LogP contribution is -2.35. The van der Waals surface area contributed by atoms with E-state index in [1.165, 1.54) is 0 Å². The van der Waals surface area contributed by atoms with E-state index < -0.39 is 11.5 Å². The van der Waals surface area contributed by atoms with Gasteiger partial charge in [0.2, 0.25) is 0 Å². The van der Waals surface area contributed by atoms with Gasteiger partial charge in [0.1, 0.15) is 0 Å². The largest absolute Gasteiger partial charge is 0.391 e. The maximum atomic E-state index is 9.95. The highest BCUT2D eigenvalue weighted by molar-refractivity contribution is 5.00. The lowest BCUT2D eigenvalue weighted by molar-refractivity contribution is 0.0233. The highest BCUT2D eigenvalue weighted by atomic mass is 16.3. The number of nitriles is 1. The third-order valence-corrected chi connectivity index (χ3v) is 2.93. The molecule has 0 heterocycles. The maximum Gasteiger partial charge on any atom is 0.0804 e. The average Bonchev–Trinajstić information content (AvgIpc) is 2.16. The topological polar surface area (TPSA) is 44.0 Å². The molecule has 76 valence electrons. The molecule has 0 aromatic carbocycles. The minimum absolute atomic E-state index is 0.217. The molecule has 0 radical (unpaired) electrons. The zero-order valence-electron chi connectivity index (χ0n) is 9.17. The molecule has 0 aliphatic carbocycles. The van der Waals surface area contributed by atoms with Crippen LogP contribution in [0.25, 0.3) is 0 Å². The minimum atomic E-state index is -0.575. The smallest absolute Gasteiger partial charge is 0.0804 e. The van der Waals surface area contributed by atoms with Crippen molar-refractivity contribution >= 4 is 0 Å². The number of aliphatic hydroxyl groups is 1. The van der Waals surface area contributed by atoms with Crippen LogP contribution >= 0.6 is 0 Å². The summed E-state index contributed by atoms with van der Waals surface area (Å²) >= 11 is 0. The molecular weight excluding hydrogens is 162 g/mol. The third kappa shape index (κ3) is 3.00. The standard InChI is InChI=1S/C11H21NO/c1-5-7-9(3)10(13)11(4,6-2)8-12/h9-10,13H,5-7H2,1-4H3. The molecule has 0 fully saturated rings. The first kappa shape index (κ1) is 12.4. The van der Waals surface area contributed by atoms with Crippen molar-refractivity contribution in [3.05, 3.63) is 0 Å². The second-order valence-corrected chi connectivity index (χ2v) is 4.09. The molecule has 13 heavy (non-hydrogen) atoms. The summed E-state index contributed by atoms with van der Waals surface area (Å²) in [5.74, 6) is 0.217. The van der Waals surface area contributed by atoms with Crippen LogP contribution in [0.5, 0.6) is 0 Å². The summed E-state index contributed by atoms with van der Waals surface area (Å²) in [4.78, 5) is 0. The predicted octanol–water partition coefficient (Wildman–Crippen LogP) is 2.72. The average molecular weight is 183 g/mol. The van der Waals surface area contributed by atoms with Crippen molar-refractivity contribution in [1.29, 1.82) is 5.26 Å². The van der Waals surface area contributed by atoms with Crippen molar-refractivity contribution in [2.24, 2.45) is 11.3 Å². The SMILES string of the molecule is CCCC(C)C(O)C(C)(C#N)CC. The fraction of sp³-hybridized carbons (Fsp3) is 0.909. The highest BCUT2D eigenvalue weighted by Crippen LogP contribution is 2.31. The Labute approximate surface area is 81.6 Å². The van der Waals surface area contributed by atoms with E-state index in [4.69, 9.17) is 5.26 Å². The summed E-state index contributed by atoms with van der Waals surface area (Å²) < 4.78 is 0. The molecule has 0 spiro atoms. The van der Waals surface area contributed by atoms with Crippen LogP contribution in [-0.4, -0.2) is 11.2 Å². The van der Waals surface area contributed by atoms with Gasteiger partial charge in [0.15, 0.2) is 0 Å². The van der Waals surface area contributed by atoms with Crippen molar-refractivity contribution in [2.75, 3.05) is 0 Å². The van der Waals surface area contributed by atoms with E-state index in [1.54, 1.807) is 0 Å². The Balaban J connectivity index is 4.38. The molecule has 0 aromatic rings. The van der Waals surface area contributed by atoms with Crippen LogP contribution in [0.4, 0.5) is 0 Å². The number of nitrogens with zero attached hydrogens (tertiary/aromatic N) is 1. The molecule has 1 N–H and O–H groups in total. The highest BCUT2D eigenvalue weighted by Gasteiger charge is 2.34. The van der Waals surface area contributed by atoms with Crippen molar-refractivity contribution in [3.8, 4) is 6.07 Å². The number of rotatable bonds is 5. The predicted molar refractivity (Wildman–Crippen MR) is 54.1 cm³/mol. The molecule has 0 saturated heterocycles. The van der Waals surface area contributed by atoms with Crippen LogP contribution < -0.4 is 0 Å². The van der Waals surface area contributed by atoms with E-state index in [9.17, 15) is 5.11 Å². The fourth-order valence-electron chi connectivity index (χ4n) is 1.60. The van der Waals surface area contributed by atoms with E-state index >= 15 is 0 Å².